The van der Waals surface area contributed by atoms with E-state index >= 15 is 0 Å². The largest absolute Gasteiger partial charge is 0.349 e. The van der Waals surface area contributed by atoms with Gasteiger partial charge < -0.3 is 9.80 Å². The molecule has 0 saturated carbocycles. The van der Waals surface area contributed by atoms with Crippen LogP contribution in [-0.4, -0.2) is 27.5 Å². The second-order valence-electron chi connectivity index (χ2n) is 11.0. The molecule has 5 heteroatoms. The normalized spacial score (nSPS) is 21.2. The summed E-state index contributed by atoms with van der Waals surface area (Å²) < 4.78 is 0. The zero-order valence-corrected chi connectivity index (χ0v) is 23.4. The van der Waals surface area contributed by atoms with Crippen LogP contribution in [0.3, 0.4) is 0 Å². The van der Waals surface area contributed by atoms with Crippen LogP contribution in [0.4, 0.5) is 0 Å². The van der Waals surface area contributed by atoms with Crippen LogP contribution in [-0.2, 0) is 13.1 Å². The molecular weight excluding hydrogens is 514 g/mol. The summed E-state index contributed by atoms with van der Waals surface area (Å²) in [4.78, 5) is 19.3. The van der Waals surface area contributed by atoms with Crippen LogP contribution in [0.5, 0.6) is 0 Å². The number of hydrogen-bond acceptors (Lipinski definition) is 5. The van der Waals surface area contributed by atoms with Gasteiger partial charge in [-0.15, -0.1) is 0 Å². The predicted octanol–water partition coefficient (Wildman–Crippen LogP) is 7.73. The van der Waals surface area contributed by atoms with E-state index in [-0.39, 0.29) is 24.2 Å². The van der Waals surface area contributed by atoms with Gasteiger partial charge in [0.05, 0.1) is 24.8 Å². The van der Waals surface area contributed by atoms with Crippen LogP contribution < -0.4 is 0 Å². The predicted molar refractivity (Wildman–Crippen MR) is 169 cm³/mol. The first kappa shape index (κ1) is 25.9. The molecule has 0 saturated heterocycles. The maximum Gasteiger partial charge on any atom is 0.101 e. The Morgan fingerprint density at radius 1 is 0.452 bits per heavy atom. The Morgan fingerprint density at radius 3 is 1.19 bits per heavy atom. The van der Waals surface area contributed by atoms with Gasteiger partial charge in [-0.05, 0) is 39.4 Å². The van der Waals surface area contributed by atoms with Crippen molar-refractivity contribution in [1.29, 1.82) is 0 Å². The summed E-state index contributed by atoms with van der Waals surface area (Å²) >= 11 is 0. The number of pyridine rings is 1. The van der Waals surface area contributed by atoms with Crippen LogP contribution in [0.1, 0.15) is 57.5 Å². The smallest absolute Gasteiger partial charge is 0.101 e. The fraction of sp³-hybridized carbons (Fsp3) is 0.162. The molecule has 2 aliphatic heterocycles. The fourth-order valence-electron chi connectivity index (χ4n) is 6.28. The molecule has 0 aliphatic carbocycles. The molecule has 0 bridgehead atoms. The molecule has 0 N–H and O–H groups in total. The lowest BCUT2D eigenvalue weighted by molar-refractivity contribution is 0.305. The number of aromatic nitrogens is 1. The van der Waals surface area contributed by atoms with Crippen LogP contribution in [0, 0.1) is 0 Å². The number of aliphatic imine (C=N–C) groups is 2. The first-order chi connectivity index (χ1) is 20.8. The van der Waals surface area contributed by atoms with Crippen LogP contribution >= 0.6 is 0 Å². The highest BCUT2D eigenvalue weighted by Crippen LogP contribution is 2.42. The number of hydrogen-bond donors (Lipinski definition) is 0. The topological polar surface area (TPSA) is 44.1 Å². The molecule has 5 nitrogen and oxygen atoms in total. The maximum absolute atomic E-state index is 4.98. The van der Waals surface area contributed by atoms with Crippen molar-refractivity contribution in [3.63, 3.8) is 0 Å². The van der Waals surface area contributed by atoms with E-state index in [4.69, 9.17) is 9.98 Å². The zero-order chi connectivity index (χ0) is 28.1. The Kier molecular flexibility index (Phi) is 7.30. The molecule has 4 aromatic carbocycles. The standard InChI is InChI=1S/C37H33N5/c1-5-13-30(14-6-1)34-36(32-17-9-3-10-18-32)41(26-39-34)24-28-21-29(23-38-22-28)25-42-27-40-35(31-15-7-2-8-16-31)37(42)33-19-11-4-12-20-33/h1-23,26-27,34-37H,24-25H2. The van der Waals surface area contributed by atoms with Crippen molar-refractivity contribution in [3.05, 3.63) is 173 Å². The Hall–Kier alpha value is -5.03. The molecule has 1 aromatic heterocycles. The molecule has 7 rings (SSSR count). The minimum Gasteiger partial charge on any atom is -0.349 e. The highest BCUT2D eigenvalue weighted by molar-refractivity contribution is 5.62. The Labute approximate surface area is 247 Å². The molecular formula is C37H33N5. The molecule has 4 unspecified atom stereocenters. The van der Waals surface area contributed by atoms with Gasteiger partial charge in [0.15, 0.2) is 0 Å². The molecule has 5 aromatic rings. The van der Waals surface area contributed by atoms with Crippen molar-refractivity contribution in [3.8, 4) is 0 Å². The summed E-state index contributed by atoms with van der Waals surface area (Å²) in [7, 11) is 0. The third-order valence-corrected chi connectivity index (χ3v) is 8.21. The SMILES string of the molecule is C1=NC(c2ccccc2)C(c2ccccc2)N1Cc1cncc(CN2C=NC(c3ccccc3)C2c2ccccc2)c1. The van der Waals surface area contributed by atoms with Gasteiger partial charge >= 0.3 is 0 Å². The molecule has 4 atom stereocenters. The van der Waals surface area contributed by atoms with Gasteiger partial charge in [-0.1, -0.05) is 121 Å². The average molecular weight is 548 g/mol. The summed E-state index contributed by atoms with van der Waals surface area (Å²) in [6.07, 6.45) is 8.00. The Balaban J connectivity index is 1.13. The monoisotopic (exact) mass is 547 g/mol. The van der Waals surface area contributed by atoms with Crippen molar-refractivity contribution >= 4 is 12.7 Å². The van der Waals surface area contributed by atoms with Gasteiger partial charge in [0, 0.05) is 25.5 Å². The Bertz CT molecular complexity index is 1530. The van der Waals surface area contributed by atoms with Gasteiger partial charge in [0.25, 0.3) is 0 Å². The molecule has 3 heterocycles. The van der Waals surface area contributed by atoms with E-state index in [1.165, 1.54) is 33.4 Å². The first-order valence-corrected chi connectivity index (χ1v) is 14.5. The lowest BCUT2D eigenvalue weighted by Gasteiger charge is -2.30. The number of rotatable bonds is 8. The molecule has 0 amide bonds. The van der Waals surface area contributed by atoms with Crippen molar-refractivity contribution in [2.75, 3.05) is 0 Å². The zero-order valence-electron chi connectivity index (χ0n) is 23.4. The molecule has 42 heavy (non-hydrogen) atoms. The van der Waals surface area contributed by atoms with Crippen molar-refractivity contribution < 1.29 is 0 Å². The molecule has 206 valence electrons. The summed E-state index contributed by atoms with van der Waals surface area (Å²) in [5.41, 5.74) is 7.31. The van der Waals surface area contributed by atoms with Gasteiger partial charge in [-0.25, -0.2) is 0 Å². The lowest BCUT2D eigenvalue weighted by Crippen LogP contribution is -2.27. The minimum atomic E-state index is 0.0482. The van der Waals surface area contributed by atoms with E-state index < -0.39 is 0 Å². The summed E-state index contributed by atoms with van der Waals surface area (Å²) in [6.45, 7) is 1.46. The molecule has 0 fully saturated rings. The molecule has 0 radical (unpaired) electrons. The van der Waals surface area contributed by atoms with Crippen LogP contribution in [0.2, 0.25) is 0 Å². The third-order valence-electron chi connectivity index (χ3n) is 8.21. The highest BCUT2D eigenvalue weighted by atomic mass is 15.3. The maximum atomic E-state index is 4.98. The van der Waals surface area contributed by atoms with Gasteiger partial charge in [0.2, 0.25) is 0 Å². The van der Waals surface area contributed by atoms with E-state index in [0.29, 0.717) is 0 Å². The second-order valence-corrected chi connectivity index (χ2v) is 11.0. The van der Waals surface area contributed by atoms with Crippen molar-refractivity contribution in [2.24, 2.45) is 9.98 Å². The van der Waals surface area contributed by atoms with E-state index in [9.17, 15) is 0 Å². The molecule has 2 aliphatic rings. The van der Waals surface area contributed by atoms with Gasteiger partial charge in [-0.2, -0.15) is 0 Å². The average Bonchev–Trinajstić information content (AvgIpc) is 3.67. The van der Waals surface area contributed by atoms with Crippen molar-refractivity contribution in [2.45, 2.75) is 37.3 Å². The third kappa shape index (κ3) is 5.34. The summed E-state index contributed by atoms with van der Waals surface area (Å²) in [5.74, 6) is 0. The summed E-state index contributed by atoms with van der Waals surface area (Å²) in [5, 5.41) is 0. The van der Waals surface area contributed by atoms with Gasteiger partial charge in [-0.3, -0.25) is 15.0 Å². The van der Waals surface area contributed by atoms with E-state index in [0.717, 1.165) is 13.1 Å². The summed E-state index contributed by atoms with van der Waals surface area (Å²) in [6, 6.07) is 45.2. The number of nitrogens with zero attached hydrogens (tertiary/aromatic N) is 5. The van der Waals surface area contributed by atoms with Crippen LogP contribution in [0.25, 0.3) is 0 Å². The fourth-order valence-corrected chi connectivity index (χ4v) is 6.28. The van der Waals surface area contributed by atoms with Gasteiger partial charge in [0.1, 0.15) is 12.1 Å². The van der Waals surface area contributed by atoms with Crippen LogP contribution in [0.15, 0.2) is 150 Å². The highest BCUT2D eigenvalue weighted by Gasteiger charge is 2.34. The van der Waals surface area contributed by atoms with E-state index in [2.05, 4.69) is 142 Å². The van der Waals surface area contributed by atoms with E-state index in [1.807, 2.05) is 25.1 Å². The van der Waals surface area contributed by atoms with E-state index in [1.54, 1.807) is 0 Å². The molecule has 0 spiro atoms. The minimum absolute atomic E-state index is 0.0482. The second kappa shape index (κ2) is 11.8. The first-order valence-electron chi connectivity index (χ1n) is 14.5. The lowest BCUT2D eigenvalue weighted by atomic mass is 9.93. The Morgan fingerprint density at radius 2 is 0.810 bits per heavy atom. The number of benzene rings is 4. The van der Waals surface area contributed by atoms with Crippen molar-refractivity contribution in [1.82, 2.24) is 14.8 Å². The quantitative estimate of drug-likeness (QED) is 0.200.